The van der Waals surface area contributed by atoms with Crippen LogP contribution >= 0.6 is 23.2 Å². The molecule has 0 saturated carbocycles. The minimum atomic E-state index is 0. The van der Waals surface area contributed by atoms with E-state index in [0.29, 0.717) is 23.4 Å². The Morgan fingerprint density at radius 2 is 1.14 bits per heavy atom. The van der Waals surface area contributed by atoms with Gasteiger partial charge in [-0.25, -0.2) is 9.13 Å². The molecule has 0 radical (unpaired) electrons. The number of hydrogen-bond donors (Lipinski definition) is 0. The predicted molar refractivity (Wildman–Crippen MR) is 147 cm³/mol. The normalized spacial score (nSPS) is 11.6. The van der Waals surface area contributed by atoms with Gasteiger partial charge in [0.2, 0.25) is 6.33 Å². The molecule has 0 aliphatic rings. The van der Waals surface area contributed by atoms with Crippen molar-refractivity contribution in [2.75, 3.05) is 0 Å². The molecule has 7 aromatic rings. The number of aromatic nitrogens is 2. The van der Waals surface area contributed by atoms with Crippen molar-refractivity contribution in [3.05, 3.63) is 125 Å². The standard InChI is InChI=1S/C31H21Cl2N2.BrH/c32-30-31(33)35(19-34(30)17-20-8-9-22-4-1-2-5-25(22)14-20)18-21-15-26-12-10-23-6-3-7-24-11-13-27(16-21)29(26)28(23)24;/h1-16,19H,17-18H2;1H/q+1;/p-1. The van der Waals surface area contributed by atoms with Gasteiger partial charge in [-0.2, -0.15) is 0 Å². The smallest absolute Gasteiger partial charge is 0.255 e. The molecular weight excluding hydrogens is 551 g/mol. The van der Waals surface area contributed by atoms with E-state index >= 15 is 0 Å². The molecule has 7 rings (SSSR count). The Hall–Kier alpha value is -3.11. The number of fused-ring (bicyclic) bond motifs is 1. The van der Waals surface area contributed by atoms with Gasteiger partial charge in [0, 0.05) is 0 Å². The van der Waals surface area contributed by atoms with Crippen molar-refractivity contribution in [2.24, 2.45) is 0 Å². The van der Waals surface area contributed by atoms with Crippen molar-refractivity contribution in [2.45, 2.75) is 13.1 Å². The van der Waals surface area contributed by atoms with Gasteiger partial charge in [-0.3, -0.25) is 0 Å². The largest absolute Gasteiger partial charge is 1.00 e. The Kier molecular flexibility index (Phi) is 5.88. The van der Waals surface area contributed by atoms with Crippen molar-refractivity contribution >= 4 is 66.3 Å². The van der Waals surface area contributed by atoms with E-state index in [4.69, 9.17) is 23.2 Å². The molecule has 0 saturated heterocycles. The van der Waals surface area contributed by atoms with Crippen LogP contribution in [0, 0.1) is 0 Å². The zero-order valence-electron chi connectivity index (χ0n) is 19.3. The summed E-state index contributed by atoms with van der Waals surface area (Å²) in [7, 11) is 0. The summed E-state index contributed by atoms with van der Waals surface area (Å²) in [6.45, 7) is 1.32. The van der Waals surface area contributed by atoms with Crippen molar-refractivity contribution in [3.63, 3.8) is 0 Å². The number of halogens is 3. The lowest BCUT2D eigenvalue weighted by Gasteiger charge is -2.12. The highest BCUT2D eigenvalue weighted by Crippen LogP contribution is 2.35. The second kappa shape index (κ2) is 9.08. The number of hydrogen-bond acceptors (Lipinski definition) is 0. The van der Waals surface area contributed by atoms with E-state index < -0.39 is 0 Å². The third-order valence-electron chi connectivity index (χ3n) is 7.00. The lowest BCUT2D eigenvalue weighted by atomic mass is 9.93. The Bertz CT molecular complexity index is 1830. The molecule has 0 spiro atoms. The second-order valence-electron chi connectivity index (χ2n) is 9.26. The summed E-state index contributed by atoms with van der Waals surface area (Å²) in [5.74, 6) is 0. The average molecular weight is 572 g/mol. The number of rotatable bonds is 4. The zero-order valence-corrected chi connectivity index (χ0v) is 22.4. The van der Waals surface area contributed by atoms with Crippen molar-refractivity contribution in [3.8, 4) is 0 Å². The minimum Gasteiger partial charge on any atom is -1.00 e. The van der Waals surface area contributed by atoms with Crippen LogP contribution in [0.1, 0.15) is 11.1 Å². The summed E-state index contributed by atoms with van der Waals surface area (Å²) in [4.78, 5) is 0. The van der Waals surface area contributed by atoms with Crippen molar-refractivity contribution < 1.29 is 21.5 Å². The molecule has 0 bridgehead atoms. The van der Waals surface area contributed by atoms with E-state index in [1.54, 1.807) is 0 Å². The van der Waals surface area contributed by atoms with Crippen LogP contribution in [0.3, 0.4) is 0 Å². The van der Waals surface area contributed by atoms with Crippen LogP contribution in [-0.2, 0) is 13.1 Å². The molecule has 0 fully saturated rings. The van der Waals surface area contributed by atoms with Gasteiger partial charge < -0.3 is 17.0 Å². The fourth-order valence-electron chi connectivity index (χ4n) is 5.37. The monoisotopic (exact) mass is 570 g/mol. The van der Waals surface area contributed by atoms with Gasteiger partial charge in [0.15, 0.2) is 0 Å². The van der Waals surface area contributed by atoms with Crippen molar-refractivity contribution in [1.82, 2.24) is 4.57 Å². The minimum absolute atomic E-state index is 0. The predicted octanol–water partition coefficient (Wildman–Crippen LogP) is 5.23. The molecule has 0 atom stereocenters. The molecule has 176 valence electrons. The summed E-state index contributed by atoms with van der Waals surface area (Å²) < 4.78 is 4.04. The van der Waals surface area contributed by atoms with E-state index in [-0.39, 0.29) is 17.0 Å². The Labute approximate surface area is 229 Å². The Morgan fingerprint density at radius 1 is 0.583 bits per heavy atom. The summed E-state index contributed by atoms with van der Waals surface area (Å²) in [6, 6.07) is 34.8. The van der Waals surface area contributed by atoms with E-state index in [2.05, 4.69) is 97.1 Å². The summed E-state index contributed by atoms with van der Waals surface area (Å²) in [5, 5.41) is 11.3. The molecule has 36 heavy (non-hydrogen) atoms. The molecule has 0 aliphatic heterocycles. The maximum Gasteiger partial charge on any atom is 0.255 e. The van der Waals surface area contributed by atoms with Gasteiger partial charge in [0.05, 0.1) is 0 Å². The SMILES string of the molecule is Clc1c(Cl)[n+](Cc2cc3ccc4cccc5ccc(c2)c3c45)cn1Cc1ccc2ccccc2c1.[Br-]. The first kappa shape index (κ1) is 23.3. The van der Waals surface area contributed by atoms with Crippen molar-refractivity contribution in [1.29, 1.82) is 0 Å². The quantitative estimate of drug-likeness (QED) is 0.202. The average Bonchev–Trinajstić information content (AvgIpc) is 3.14. The van der Waals surface area contributed by atoms with Gasteiger partial charge in [-0.1, -0.05) is 78.9 Å². The van der Waals surface area contributed by atoms with Crippen LogP contribution in [0.25, 0.3) is 43.1 Å². The molecule has 0 unspecified atom stereocenters. The molecule has 0 N–H and O–H groups in total. The fourth-order valence-corrected chi connectivity index (χ4v) is 5.79. The van der Waals surface area contributed by atoms with Crippen LogP contribution < -0.4 is 21.5 Å². The molecule has 5 heteroatoms. The Morgan fingerprint density at radius 3 is 1.86 bits per heavy atom. The molecule has 0 aliphatic carbocycles. The Balaban J connectivity index is 0.00000240. The first-order valence-corrected chi connectivity index (χ1v) is 12.5. The molecule has 2 nitrogen and oxygen atoms in total. The van der Waals surface area contributed by atoms with E-state index in [1.165, 1.54) is 54.2 Å². The molecule has 1 heterocycles. The van der Waals surface area contributed by atoms with E-state index in [9.17, 15) is 0 Å². The van der Waals surface area contributed by atoms with E-state index in [0.717, 1.165) is 0 Å². The number of benzene rings is 6. The highest BCUT2D eigenvalue weighted by molar-refractivity contribution is 6.39. The summed E-state index contributed by atoms with van der Waals surface area (Å²) >= 11 is 13.4. The maximum atomic E-state index is 6.70. The third-order valence-corrected chi connectivity index (χ3v) is 7.88. The molecule has 6 aromatic carbocycles. The zero-order chi connectivity index (χ0) is 23.5. The summed E-state index contributed by atoms with van der Waals surface area (Å²) in [6.07, 6.45) is 2.02. The number of nitrogens with zero attached hydrogens (tertiary/aromatic N) is 2. The highest BCUT2D eigenvalue weighted by Gasteiger charge is 2.21. The maximum absolute atomic E-state index is 6.70. The van der Waals surface area contributed by atoms with Crippen LogP contribution in [0.2, 0.25) is 10.3 Å². The van der Waals surface area contributed by atoms with Gasteiger partial charge in [0.25, 0.3) is 10.3 Å². The van der Waals surface area contributed by atoms with Gasteiger partial charge in [-0.05, 0) is 95.6 Å². The van der Waals surface area contributed by atoms with Gasteiger partial charge in [-0.15, -0.1) is 0 Å². The van der Waals surface area contributed by atoms with Crippen LogP contribution in [0.5, 0.6) is 0 Å². The third kappa shape index (κ3) is 3.83. The highest BCUT2D eigenvalue weighted by atomic mass is 79.9. The first-order chi connectivity index (χ1) is 17.1. The molecule has 0 amide bonds. The lowest BCUT2D eigenvalue weighted by Crippen LogP contribution is -3.00. The van der Waals surface area contributed by atoms with Crippen LogP contribution in [0.15, 0.2) is 103 Å². The van der Waals surface area contributed by atoms with Gasteiger partial charge >= 0.3 is 0 Å². The topological polar surface area (TPSA) is 8.81 Å². The van der Waals surface area contributed by atoms with Gasteiger partial charge in [0.1, 0.15) is 13.1 Å². The van der Waals surface area contributed by atoms with E-state index in [1.807, 2.05) is 15.5 Å². The lowest BCUT2D eigenvalue weighted by molar-refractivity contribution is -0.685. The number of imidazole rings is 1. The second-order valence-corrected chi connectivity index (χ2v) is 9.98. The van der Waals surface area contributed by atoms with Crippen LogP contribution in [0.4, 0.5) is 0 Å². The summed E-state index contributed by atoms with van der Waals surface area (Å²) in [5.41, 5.74) is 2.38. The molecule has 1 aromatic heterocycles. The first-order valence-electron chi connectivity index (χ1n) is 11.7. The molecular formula is C31H21BrCl2N2. The fraction of sp³-hybridized carbons (Fsp3) is 0.0645. The van der Waals surface area contributed by atoms with Crippen LogP contribution in [-0.4, -0.2) is 4.57 Å².